The van der Waals surface area contributed by atoms with E-state index < -0.39 is 0 Å². The molecule has 0 unspecified atom stereocenters. The van der Waals surface area contributed by atoms with Crippen LogP contribution in [0.1, 0.15) is 10.4 Å². The third kappa shape index (κ3) is 3.25. The van der Waals surface area contributed by atoms with Gasteiger partial charge in [-0.15, -0.1) is 0 Å². The summed E-state index contributed by atoms with van der Waals surface area (Å²) in [6.45, 7) is 4.28. The van der Waals surface area contributed by atoms with Gasteiger partial charge in [0.25, 0.3) is 5.91 Å². The minimum Gasteiger partial charge on any atom is -0.370 e. The zero-order valence-electron chi connectivity index (χ0n) is 13.2. The number of nitrogens with zero attached hydrogens (tertiary/aromatic N) is 2. The minimum atomic E-state index is -0.118. The van der Waals surface area contributed by atoms with Gasteiger partial charge >= 0.3 is 0 Å². The van der Waals surface area contributed by atoms with E-state index >= 15 is 0 Å². The normalized spacial score (nSPS) is 22.5. The van der Waals surface area contributed by atoms with Crippen molar-refractivity contribution in [3.8, 4) is 0 Å². The van der Waals surface area contributed by atoms with Gasteiger partial charge in [0.05, 0.1) is 17.4 Å². The standard InChI is InChI=1S/C18H19IN4O/c19-15-2-1-3-16(5-15)22-18(24)12-4-17(9-21-6-12)23-10-13-7-20-8-14(13)11-23/h1-6,9,13-14,20H,7-8,10-11H2,(H,22,24)/t13-,14+. The predicted molar refractivity (Wildman–Crippen MR) is 103 cm³/mol. The Balaban J connectivity index is 1.49. The first-order valence-corrected chi connectivity index (χ1v) is 9.24. The Morgan fingerprint density at radius 1 is 1.21 bits per heavy atom. The molecule has 6 heteroatoms. The molecule has 3 heterocycles. The summed E-state index contributed by atoms with van der Waals surface area (Å²) in [5.41, 5.74) is 2.44. The number of nitrogens with one attached hydrogen (secondary N) is 2. The van der Waals surface area contributed by atoms with Gasteiger partial charge in [-0.2, -0.15) is 0 Å². The fraction of sp³-hybridized carbons (Fsp3) is 0.333. The van der Waals surface area contributed by atoms with Gasteiger partial charge in [0.2, 0.25) is 0 Å². The summed E-state index contributed by atoms with van der Waals surface area (Å²) in [4.78, 5) is 19.1. The Morgan fingerprint density at radius 3 is 2.75 bits per heavy atom. The quantitative estimate of drug-likeness (QED) is 0.730. The number of anilines is 2. The zero-order chi connectivity index (χ0) is 16.5. The highest BCUT2D eigenvalue weighted by Crippen LogP contribution is 2.30. The van der Waals surface area contributed by atoms with E-state index in [-0.39, 0.29) is 5.91 Å². The highest BCUT2D eigenvalue weighted by Gasteiger charge is 2.36. The van der Waals surface area contributed by atoms with Crippen molar-refractivity contribution in [1.29, 1.82) is 0 Å². The molecular formula is C18H19IN4O. The first kappa shape index (κ1) is 15.8. The number of fused-ring (bicyclic) bond motifs is 1. The van der Waals surface area contributed by atoms with E-state index in [9.17, 15) is 4.79 Å². The number of benzene rings is 1. The van der Waals surface area contributed by atoms with Gasteiger partial charge in [-0.1, -0.05) is 6.07 Å². The molecule has 0 spiro atoms. The molecule has 2 aromatic rings. The summed E-state index contributed by atoms with van der Waals surface area (Å²) < 4.78 is 1.09. The SMILES string of the molecule is O=C(Nc1cccc(I)c1)c1cncc(N2C[C@H]3CNC[C@H]3C2)c1. The van der Waals surface area contributed by atoms with Crippen LogP contribution in [-0.4, -0.2) is 37.1 Å². The average molecular weight is 434 g/mol. The van der Waals surface area contributed by atoms with Crippen LogP contribution in [-0.2, 0) is 0 Å². The van der Waals surface area contributed by atoms with Crippen molar-refractivity contribution in [3.63, 3.8) is 0 Å². The van der Waals surface area contributed by atoms with Crippen LogP contribution < -0.4 is 15.5 Å². The number of aromatic nitrogens is 1. The van der Waals surface area contributed by atoms with E-state index in [0.29, 0.717) is 17.4 Å². The van der Waals surface area contributed by atoms with Crippen LogP contribution in [0, 0.1) is 15.4 Å². The smallest absolute Gasteiger partial charge is 0.257 e. The molecule has 2 aliphatic rings. The maximum absolute atomic E-state index is 12.5. The molecule has 5 nitrogen and oxygen atoms in total. The first-order valence-electron chi connectivity index (χ1n) is 8.17. The van der Waals surface area contributed by atoms with Crippen molar-refractivity contribution in [2.75, 3.05) is 36.4 Å². The maximum Gasteiger partial charge on any atom is 0.257 e. The molecule has 2 atom stereocenters. The van der Waals surface area contributed by atoms with E-state index in [1.807, 2.05) is 36.5 Å². The second kappa shape index (κ2) is 6.68. The summed E-state index contributed by atoms with van der Waals surface area (Å²) in [6, 6.07) is 9.72. The number of hydrogen-bond acceptors (Lipinski definition) is 4. The van der Waals surface area contributed by atoms with Gasteiger partial charge in [0.15, 0.2) is 0 Å². The Labute approximate surface area is 155 Å². The molecule has 2 saturated heterocycles. The first-order chi connectivity index (χ1) is 11.7. The lowest BCUT2D eigenvalue weighted by molar-refractivity contribution is 0.102. The number of amides is 1. The maximum atomic E-state index is 12.5. The Bertz CT molecular complexity index is 754. The summed E-state index contributed by atoms with van der Waals surface area (Å²) in [6.07, 6.45) is 3.49. The Morgan fingerprint density at radius 2 is 2.00 bits per heavy atom. The molecule has 2 fully saturated rings. The highest BCUT2D eigenvalue weighted by molar-refractivity contribution is 14.1. The number of pyridine rings is 1. The van der Waals surface area contributed by atoms with Crippen LogP contribution in [0.2, 0.25) is 0 Å². The van der Waals surface area contributed by atoms with Crippen LogP contribution >= 0.6 is 22.6 Å². The molecule has 0 aliphatic carbocycles. The molecule has 4 rings (SSSR count). The number of rotatable bonds is 3. The van der Waals surface area contributed by atoms with E-state index in [1.54, 1.807) is 6.20 Å². The van der Waals surface area contributed by atoms with E-state index in [0.717, 1.165) is 41.1 Å². The van der Waals surface area contributed by atoms with Crippen LogP contribution in [0.5, 0.6) is 0 Å². The Hall–Kier alpha value is -1.67. The van der Waals surface area contributed by atoms with Gasteiger partial charge < -0.3 is 15.5 Å². The summed E-state index contributed by atoms with van der Waals surface area (Å²) in [5.74, 6) is 1.31. The van der Waals surface area contributed by atoms with Crippen molar-refractivity contribution in [2.45, 2.75) is 0 Å². The van der Waals surface area contributed by atoms with Gasteiger partial charge in [-0.3, -0.25) is 9.78 Å². The number of carbonyl (C=O) groups is 1. The van der Waals surface area contributed by atoms with Crippen LogP contribution in [0.4, 0.5) is 11.4 Å². The van der Waals surface area contributed by atoms with Crippen molar-refractivity contribution in [2.24, 2.45) is 11.8 Å². The van der Waals surface area contributed by atoms with E-state index in [4.69, 9.17) is 0 Å². The fourth-order valence-corrected chi connectivity index (χ4v) is 4.10. The van der Waals surface area contributed by atoms with Gasteiger partial charge in [-0.25, -0.2) is 0 Å². The highest BCUT2D eigenvalue weighted by atomic mass is 127. The van der Waals surface area contributed by atoms with Crippen LogP contribution in [0.15, 0.2) is 42.7 Å². The molecule has 1 aromatic heterocycles. The lowest BCUT2D eigenvalue weighted by Gasteiger charge is -2.19. The molecule has 1 amide bonds. The van der Waals surface area contributed by atoms with Gasteiger partial charge in [0.1, 0.15) is 0 Å². The molecule has 0 bridgehead atoms. The minimum absolute atomic E-state index is 0.118. The predicted octanol–water partition coefficient (Wildman–Crippen LogP) is 2.59. The topological polar surface area (TPSA) is 57.3 Å². The molecule has 0 saturated carbocycles. The Kier molecular flexibility index (Phi) is 4.41. The molecule has 1 aromatic carbocycles. The summed E-state index contributed by atoms with van der Waals surface area (Å²) >= 11 is 2.24. The van der Waals surface area contributed by atoms with E-state index in [1.165, 1.54) is 0 Å². The second-order valence-electron chi connectivity index (χ2n) is 6.48. The molecule has 124 valence electrons. The molecule has 0 radical (unpaired) electrons. The average Bonchev–Trinajstić information content (AvgIpc) is 3.16. The third-order valence-corrected chi connectivity index (χ3v) is 5.49. The zero-order valence-corrected chi connectivity index (χ0v) is 15.4. The number of halogens is 1. The lowest BCUT2D eigenvalue weighted by Crippen LogP contribution is -2.26. The largest absolute Gasteiger partial charge is 0.370 e. The molecular weight excluding hydrogens is 415 g/mol. The van der Waals surface area contributed by atoms with E-state index in [2.05, 4.69) is 43.1 Å². The summed E-state index contributed by atoms with van der Waals surface area (Å²) in [5, 5.41) is 6.40. The number of hydrogen-bond donors (Lipinski definition) is 2. The van der Waals surface area contributed by atoms with Crippen LogP contribution in [0.3, 0.4) is 0 Å². The lowest BCUT2D eigenvalue weighted by atomic mass is 10.0. The van der Waals surface area contributed by atoms with Crippen LogP contribution in [0.25, 0.3) is 0 Å². The van der Waals surface area contributed by atoms with Crippen molar-refractivity contribution in [3.05, 3.63) is 51.9 Å². The van der Waals surface area contributed by atoms with Crippen molar-refractivity contribution >= 4 is 39.9 Å². The molecule has 2 aliphatic heterocycles. The number of carbonyl (C=O) groups excluding carboxylic acids is 1. The fourth-order valence-electron chi connectivity index (χ4n) is 3.56. The molecule has 24 heavy (non-hydrogen) atoms. The van der Waals surface area contributed by atoms with Gasteiger partial charge in [0, 0.05) is 41.6 Å². The summed E-state index contributed by atoms with van der Waals surface area (Å²) in [7, 11) is 0. The third-order valence-electron chi connectivity index (χ3n) is 4.82. The second-order valence-corrected chi connectivity index (χ2v) is 7.73. The van der Waals surface area contributed by atoms with Crippen molar-refractivity contribution in [1.82, 2.24) is 10.3 Å². The monoisotopic (exact) mass is 434 g/mol. The molecule has 2 N–H and O–H groups in total. The van der Waals surface area contributed by atoms with Gasteiger partial charge in [-0.05, 0) is 58.7 Å². The van der Waals surface area contributed by atoms with Crippen molar-refractivity contribution < 1.29 is 4.79 Å².